The molecule has 0 spiro atoms. The minimum absolute atomic E-state index is 0.700. The lowest BCUT2D eigenvalue weighted by Gasteiger charge is -2.28. The first kappa shape index (κ1) is 19.7. The number of nitrogens with one attached hydrogen (secondary N) is 2. The highest BCUT2D eigenvalue weighted by Gasteiger charge is 2.19. The second-order valence-corrected chi connectivity index (χ2v) is 8.68. The molecule has 0 aliphatic carbocycles. The zero-order valence-corrected chi connectivity index (χ0v) is 18.7. The Balaban J connectivity index is 1.44. The summed E-state index contributed by atoms with van der Waals surface area (Å²) in [6, 6.07) is 6.19. The summed E-state index contributed by atoms with van der Waals surface area (Å²) in [6.07, 6.45) is 11.0. The van der Waals surface area contributed by atoms with E-state index in [-0.39, 0.29) is 0 Å². The van der Waals surface area contributed by atoms with Crippen LogP contribution in [0.4, 0.5) is 11.4 Å². The fraction of sp³-hybridized carbons (Fsp3) is 0.292. The van der Waals surface area contributed by atoms with Gasteiger partial charge in [0.2, 0.25) is 0 Å². The molecule has 33 heavy (non-hydrogen) atoms. The van der Waals surface area contributed by atoms with Gasteiger partial charge in [0.1, 0.15) is 11.2 Å². The largest absolute Gasteiger partial charge is 0.376 e. The van der Waals surface area contributed by atoms with Crippen LogP contribution in [0, 0.1) is 0 Å². The van der Waals surface area contributed by atoms with Gasteiger partial charge in [0, 0.05) is 50.5 Å². The van der Waals surface area contributed by atoms with E-state index in [4.69, 9.17) is 4.98 Å². The van der Waals surface area contributed by atoms with Crippen LogP contribution in [0.15, 0.2) is 43.0 Å². The number of aromatic nitrogens is 7. The van der Waals surface area contributed by atoms with E-state index in [9.17, 15) is 0 Å². The van der Waals surface area contributed by atoms with Gasteiger partial charge < -0.3 is 14.8 Å². The van der Waals surface area contributed by atoms with Gasteiger partial charge >= 0.3 is 0 Å². The number of piperidine rings is 1. The van der Waals surface area contributed by atoms with Gasteiger partial charge in [0.15, 0.2) is 11.5 Å². The number of H-pyrrole nitrogens is 2. The van der Waals surface area contributed by atoms with Crippen LogP contribution in [-0.2, 0) is 0 Å². The molecule has 0 aromatic carbocycles. The lowest BCUT2D eigenvalue weighted by Crippen LogP contribution is -2.29. The zero-order valence-electron chi connectivity index (χ0n) is 18.7. The van der Waals surface area contributed by atoms with Gasteiger partial charge in [-0.05, 0) is 37.5 Å². The molecule has 5 aromatic heterocycles. The Bertz CT molecular complexity index is 1440. The molecule has 0 bridgehead atoms. The Morgan fingerprint density at radius 3 is 2.73 bits per heavy atom. The summed E-state index contributed by atoms with van der Waals surface area (Å²) in [6.45, 7) is 2.13. The summed E-state index contributed by atoms with van der Waals surface area (Å²) >= 11 is 0. The SMILES string of the molecule is CN(C)c1cncc(-c2cc3c(-c4nc5nccc(N6CCCCC6)c5[nH]4)n[nH]c3cn2)c1. The molecule has 6 heterocycles. The number of imidazole rings is 1. The van der Waals surface area contributed by atoms with Crippen LogP contribution in [-0.4, -0.2) is 62.3 Å². The molecule has 0 atom stereocenters. The second-order valence-electron chi connectivity index (χ2n) is 8.68. The Kier molecular flexibility index (Phi) is 4.67. The van der Waals surface area contributed by atoms with Crippen LogP contribution in [0.1, 0.15) is 19.3 Å². The predicted molar refractivity (Wildman–Crippen MR) is 130 cm³/mol. The first-order chi connectivity index (χ1) is 16.2. The molecule has 1 saturated heterocycles. The maximum atomic E-state index is 4.79. The maximum absolute atomic E-state index is 4.79. The molecule has 6 rings (SSSR count). The molecule has 0 saturated carbocycles. The van der Waals surface area contributed by atoms with Crippen LogP contribution in [0.2, 0.25) is 0 Å². The van der Waals surface area contributed by atoms with Crippen molar-refractivity contribution in [3.63, 3.8) is 0 Å². The lowest BCUT2D eigenvalue weighted by atomic mass is 10.1. The van der Waals surface area contributed by atoms with Gasteiger partial charge in [-0.1, -0.05) is 0 Å². The van der Waals surface area contributed by atoms with Crippen LogP contribution in [0.3, 0.4) is 0 Å². The van der Waals surface area contributed by atoms with Crippen molar-refractivity contribution < 1.29 is 0 Å². The molecule has 9 heteroatoms. The van der Waals surface area contributed by atoms with Crippen LogP contribution < -0.4 is 9.80 Å². The molecule has 1 fully saturated rings. The van der Waals surface area contributed by atoms with E-state index in [0.717, 1.165) is 57.8 Å². The van der Waals surface area contributed by atoms with E-state index < -0.39 is 0 Å². The van der Waals surface area contributed by atoms with Crippen molar-refractivity contribution in [1.82, 2.24) is 35.1 Å². The van der Waals surface area contributed by atoms with E-state index in [2.05, 4.69) is 47.2 Å². The summed E-state index contributed by atoms with van der Waals surface area (Å²) in [4.78, 5) is 26.2. The van der Waals surface area contributed by atoms with E-state index in [1.54, 1.807) is 0 Å². The van der Waals surface area contributed by atoms with Gasteiger partial charge in [-0.25, -0.2) is 9.97 Å². The number of fused-ring (bicyclic) bond motifs is 2. The molecule has 2 N–H and O–H groups in total. The molecular weight excluding hydrogens is 414 g/mol. The van der Waals surface area contributed by atoms with Crippen molar-refractivity contribution in [2.45, 2.75) is 19.3 Å². The van der Waals surface area contributed by atoms with Crippen molar-refractivity contribution in [1.29, 1.82) is 0 Å². The number of hydrogen-bond donors (Lipinski definition) is 2. The number of pyridine rings is 3. The fourth-order valence-electron chi connectivity index (χ4n) is 4.48. The number of rotatable bonds is 4. The fourth-order valence-corrected chi connectivity index (χ4v) is 4.48. The minimum Gasteiger partial charge on any atom is -0.376 e. The first-order valence-corrected chi connectivity index (χ1v) is 11.2. The third-order valence-corrected chi connectivity index (χ3v) is 6.27. The lowest BCUT2D eigenvalue weighted by molar-refractivity contribution is 0.578. The van der Waals surface area contributed by atoms with Crippen molar-refractivity contribution in [3.8, 4) is 22.8 Å². The third-order valence-electron chi connectivity index (χ3n) is 6.27. The number of nitrogens with zero attached hydrogens (tertiary/aromatic N) is 7. The summed E-state index contributed by atoms with van der Waals surface area (Å²) in [5.74, 6) is 0.700. The molecule has 0 radical (unpaired) electrons. The summed E-state index contributed by atoms with van der Waals surface area (Å²) in [7, 11) is 4.00. The van der Waals surface area contributed by atoms with E-state index in [0.29, 0.717) is 11.5 Å². The maximum Gasteiger partial charge on any atom is 0.180 e. The first-order valence-electron chi connectivity index (χ1n) is 11.2. The van der Waals surface area contributed by atoms with Gasteiger partial charge in [-0.3, -0.25) is 15.1 Å². The standard InChI is InChI=1S/C24H25N9/c1-32(2)16-10-15(12-25-13-16)18-11-17-19(14-27-18)30-31-21(17)24-28-22-20(6-7-26-23(22)29-24)33-8-4-3-5-9-33/h6-7,10-14H,3-5,8-9H2,1-2H3,(H,30,31)(H,26,28,29). The Morgan fingerprint density at radius 1 is 1.00 bits per heavy atom. The summed E-state index contributed by atoms with van der Waals surface area (Å²) < 4.78 is 0. The van der Waals surface area contributed by atoms with Gasteiger partial charge in [-0.2, -0.15) is 5.10 Å². The topological polar surface area (TPSA) is 103 Å². The highest BCUT2D eigenvalue weighted by molar-refractivity contribution is 5.96. The summed E-state index contributed by atoms with van der Waals surface area (Å²) in [5.41, 5.74) is 7.26. The smallest absolute Gasteiger partial charge is 0.180 e. The zero-order chi connectivity index (χ0) is 22.4. The molecule has 166 valence electrons. The monoisotopic (exact) mass is 439 g/mol. The third kappa shape index (κ3) is 3.45. The highest BCUT2D eigenvalue weighted by Crippen LogP contribution is 2.32. The minimum atomic E-state index is 0.700. The van der Waals surface area contributed by atoms with Crippen molar-refractivity contribution >= 4 is 33.4 Å². The average Bonchev–Trinajstić information content (AvgIpc) is 3.48. The predicted octanol–water partition coefficient (Wildman–Crippen LogP) is 4.01. The van der Waals surface area contributed by atoms with Crippen molar-refractivity contribution in [2.75, 3.05) is 37.0 Å². The Hall–Kier alpha value is -4.01. The van der Waals surface area contributed by atoms with Gasteiger partial charge in [-0.15, -0.1) is 0 Å². The van der Waals surface area contributed by atoms with Crippen LogP contribution in [0.5, 0.6) is 0 Å². The normalized spacial score (nSPS) is 14.3. The number of aromatic amines is 2. The van der Waals surface area contributed by atoms with E-state index in [1.165, 1.54) is 19.3 Å². The molecule has 0 unspecified atom stereocenters. The van der Waals surface area contributed by atoms with E-state index >= 15 is 0 Å². The highest BCUT2D eigenvalue weighted by atomic mass is 15.2. The number of hydrogen-bond acceptors (Lipinski definition) is 7. The summed E-state index contributed by atoms with van der Waals surface area (Å²) in [5, 5.41) is 8.60. The molecular formula is C24H25N9. The van der Waals surface area contributed by atoms with E-state index in [1.807, 2.05) is 49.8 Å². The van der Waals surface area contributed by atoms with Crippen LogP contribution >= 0.6 is 0 Å². The molecule has 5 aromatic rings. The number of anilines is 2. The molecule has 1 aliphatic rings. The van der Waals surface area contributed by atoms with Gasteiger partial charge in [0.25, 0.3) is 0 Å². The Labute approximate surface area is 190 Å². The van der Waals surface area contributed by atoms with Crippen LogP contribution in [0.25, 0.3) is 44.8 Å². The Morgan fingerprint density at radius 2 is 1.88 bits per heavy atom. The van der Waals surface area contributed by atoms with Gasteiger partial charge in [0.05, 0.1) is 35.0 Å². The molecule has 1 aliphatic heterocycles. The quantitative estimate of drug-likeness (QED) is 0.436. The second kappa shape index (κ2) is 7.84. The average molecular weight is 440 g/mol. The molecule has 0 amide bonds. The molecule has 9 nitrogen and oxygen atoms in total. The van der Waals surface area contributed by atoms with Crippen molar-refractivity contribution in [2.24, 2.45) is 0 Å². The van der Waals surface area contributed by atoms with Crippen molar-refractivity contribution in [3.05, 3.63) is 43.0 Å².